The molecule has 3 nitrogen and oxygen atoms in total. The van der Waals surface area contributed by atoms with Gasteiger partial charge in [0.2, 0.25) is 0 Å². The third-order valence-corrected chi connectivity index (χ3v) is 1.59. The molecule has 0 spiro atoms. The lowest BCUT2D eigenvalue weighted by molar-refractivity contribution is -0.139. The van der Waals surface area contributed by atoms with Crippen molar-refractivity contribution in [3.8, 4) is 0 Å². The Hall–Kier alpha value is 0.1000. The fraction of sp³-hybridized carbons (Fsp3) is 0.500. The molecule has 0 atom stereocenters. The van der Waals surface area contributed by atoms with Gasteiger partial charge >= 0.3 is 5.97 Å². The van der Waals surface area contributed by atoms with Crippen LogP contribution in [0.2, 0.25) is 0 Å². The molecule has 0 fully saturated rings. The average Bonchev–Trinajstić information content (AvgIpc) is 1.63. The van der Waals surface area contributed by atoms with Gasteiger partial charge in [0.1, 0.15) is 10.2 Å². The van der Waals surface area contributed by atoms with Crippen LogP contribution < -0.4 is 0 Å². The predicted molar refractivity (Wildman–Crippen MR) is 38.9 cm³/mol. The molecule has 0 rings (SSSR count). The van der Waals surface area contributed by atoms with Crippen molar-refractivity contribution in [2.75, 3.05) is 0 Å². The van der Waals surface area contributed by atoms with Crippen LogP contribution in [0.25, 0.3) is 0 Å². The molecule has 0 aliphatic heterocycles. The molecule has 0 aliphatic carbocycles. The van der Waals surface area contributed by atoms with Crippen LogP contribution >= 0.6 is 31.9 Å². The normalized spacial score (nSPS) is 9.67. The van der Waals surface area contributed by atoms with E-state index in [4.69, 9.17) is 5.11 Å². The molecule has 0 saturated heterocycles. The highest BCUT2D eigenvalue weighted by molar-refractivity contribution is 9.25. The van der Waals surface area contributed by atoms with Crippen molar-refractivity contribution < 1.29 is 14.7 Å². The minimum absolute atomic E-state index is 0.387. The highest BCUT2D eigenvalue weighted by atomic mass is 79.9. The molecule has 52 valence electrons. The first-order chi connectivity index (χ1) is 4.04. The highest BCUT2D eigenvalue weighted by Gasteiger charge is 2.13. The maximum absolute atomic E-state index is 10.5. The Labute approximate surface area is 68.7 Å². The van der Waals surface area contributed by atoms with E-state index in [1.807, 2.05) is 0 Å². The second-order valence-electron chi connectivity index (χ2n) is 1.34. The topological polar surface area (TPSA) is 54.4 Å². The van der Waals surface area contributed by atoms with Crippen LogP contribution in [-0.2, 0) is 9.59 Å². The summed E-state index contributed by atoms with van der Waals surface area (Å²) in [4.78, 5) is 20.3. The second-order valence-corrected chi connectivity index (χ2v) is 4.40. The van der Waals surface area contributed by atoms with Gasteiger partial charge in [-0.25, -0.2) is 0 Å². The predicted octanol–water partition coefficient (Wildman–Crippen LogP) is 1.15. The van der Waals surface area contributed by atoms with E-state index >= 15 is 0 Å². The number of carboxylic acid groups (broad SMARTS) is 1. The Morgan fingerprint density at radius 3 is 2.00 bits per heavy atom. The Morgan fingerprint density at radius 2 is 1.89 bits per heavy atom. The summed E-state index contributed by atoms with van der Waals surface area (Å²) in [5.74, 6) is -1.49. The molecule has 0 heterocycles. The van der Waals surface area contributed by atoms with Crippen LogP contribution in [0.1, 0.15) is 6.42 Å². The third kappa shape index (κ3) is 4.59. The first-order valence-electron chi connectivity index (χ1n) is 2.06. The van der Waals surface area contributed by atoms with Gasteiger partial charge in [-0.2, -0.15) is 0 Å². The van der Waals surface area contributed by atoms with Crippen LogP contribution in [-0.4, -0.2) is 20.6 Å². The van der Waals surface area contributed by atoms with Crippen LogP contribution in [0.15, 0.2) is 0 Å². The lowest BCUT2D eigenvalue weighted by Crippen LogP contribution is -2.11. The van der Waals surface area contributed by atoms with Crippen LogP contribution in [0.4, 0.5) is 0 Å². The zero-order valence-corrected chi connectivity index (χ0v) is 7.48. The van der Waals surface area contributed by atoms with Gasteiger partial charge in [0.25, 0.3) is 0 Å². The first-order valence-corrected chi connectivity index (χ1v) is 3.90. The summed E-state index contributed by atoms with van der Waals surface area (Å²) in [6.45, 7) is 0. The summed E-state index contributed by atoms with van der Waals surface area (Å²) in [5.41, 5.74) is 0. The minimum Gasteiger partial charge on any atom is -0.481 e. The van der Waals surface area contributed by atoms with E-state index in [0.29, 0.717) is 0 Å². The van der Waals surface area contributed by atoms with E-state index in [0.717, 1.165) is 0 Å². The third-order valence-electron chi connectivity index (χ3n) is 0.569. The number of alkyl halides is 2. The SMILES string of the molecule is O=C(O)CC(=O)C(Br)Br. The second kappa shape index (κ2) is 4.00. The maximum Gasteiger partial charge on any atom is 0.310 e. The van der Waals surface area contributed by atoms with Crippen molar-refractivity contribution in [3.05, 3.63) is 0 Å². The van der Waals surface area contributed by atoms with Crippen molar-refractivity contribution >= 4 is 43.6 Å². The van der Waals surface area contributed by atoms with Gasteiger partial charge in [-0.1, -0.05) is 31.9 Å². The van der Waals surface area contributed by atoms with E-state index in [9.17, 15) is 9.59 Å². The number of carbonyl (C=O) groups excluding carboxylic acids is 1. The molecule has 9 heavy (non-hydrogen) atoms. The Balaban J connectivity index is 3.64. The summed E-state index contributed by atoms with van der Waals surface area (Å²) in [6.07, 6.45) is -0.443. The minimum atomic E-state index is -1.11. The van der Waals surface area contributed by atoms with Crippen LogP contribution in [0.5, 0.6) is 0 Å². The smallest absolute Gasteiger partial charge is 0.310 e. The van der Waals surface area contributed by atoms with Crippen LogP contribution in [0.3, 0.4) is 0 Å². The average molecular weight is 260 g/mol. The fourth-order valence-corrected chi connectivity index (χ4v) is 0.550. The quantitative estimate of drug-likeness (QED) is 0.611. The van der Waals surface area contributed by atoms with Gasteiger partial charge in [-0.15, -0.1) is 0 Å². The molecule has 0 bridgehead atoms. The number of ketones is 1. The van der Waals surface area contributed by atoms with Crippen molar-refractivity contribution in [2.24, 2.45) is 0 Å². The number of carboxylic acids is 1. The van der Waals surface area contributed by atoms with Gasteiger partial charge in [0.15, 0.2) is 5.78 Å². The Morgan fingerprint density at radius 1 is 1.44 bits per heavy atom. The van der Waals surface area contributed by atoms with Gasteiger partial charge in [-0.3, -0.25) is 9.59 Å². The molecular formula is C4H4Br2O3. The van der Waals surface area contributed by atoms with E-state index in [-0.39, 0.29) is 5.78 Å². The fourth-order valence-electron chi connectivity index (χ4n) is 0.226. The number of carbonyl (C=O) groups is 2. The molecule has 5 heteroatoms. The zero-order valence-electron chi connectivity index (χ0n) is 4.30. The zero-order chi connectivity index (χ0) is 7.44. The van der Waals surface area contributed by atoms with E-state index in [1.165, 1.54) is 0 Å². The lowest BCUT2D eigenvalue weighted by Gasteiger charge is -1.94. The standard InChI is InChI=1S/C4H4Br2O3/c5-4(6)2(7)1-3(8)9/h4H,1H2,(H,8,9). The lowest BCUT2D eigenvalue weighted by atomic mass is 10.3. The molecule has 1 N–H and O–H groups in total. The summed E-state index contributed by atoms with van der Waals surface area (Å²) in [5, 5.41) is 8.07. The van der Waals surface area contributed by atoms with Gasteiger partial charge in [0.05, 0.1) is 0 Å². The van der Waals surface area contributed by atoms with E-state index in [1.54, 1.807) is 0 Å². The molecular weight excluding hydrogens is 256 g/mol. The number of aliphatic carboxylic acids is 1. The van der Waals surface area contributed by atoms with E-state index in [2.05, 4.69) is 31.9 Å². The summed E-state index contributed by atoms with van der Waals surface area (Å²) in [7, 11) is 0. The monoisotopic (exact) mass is 258 g/mol. The molecule has 0 aromatic carbocycles. The van der Waals surface area contributed by atoms with Crippen LogP contribution in [0, 0.1) is 0 Å². The number of hydrogen-bond donors (Lipinski definition) is 1. The molecule has 0 amide bonds. The molecule has 0 aromatic rings. The van der Waals surface area contributed by atoms with Gasteiger partial charge < -0.3 is 5.11 Å². The molecule has 0 saturated carbocycles. The number of rotatable bonds is 3. The van der Waals surface area contributed by atoms with Crippen molar-refractivity contribution in [2.45, 2.75) is 10.2 Å². The molecule has 0 aromatic heterocycles. The molecule has 0 unspecified atom stereocenters. The highest BCUT2D eigenvalue weighted by Crippen LogP contribution is 2.10. The summed E-state index contributed by atoms with van der Waals surface area (Å²) in [6, 6.07) is 0. The number of hydrogen-bond acceptors (Lipinski definition) is 2. The van der Waals surface area contributed by atoms with Gasteiger partial charge in [-0.05, 0) is 0 Å². The maximum atomic E-state index is 10.5. The number of Topliss-reactive ketones (excluding diaryl/α,β-unsaturated/α-hetero) is 1. The summed E-state index contributed by atoms with van der Waals surface area (Å²) >= 11 is 5.74. The van der Waals surface area contributed by atoms with Crippen molar-refractivity contribution in [1.82, 2.24) is 0 Å². The summed E-state index contributed by atoms with van der Waals surface area (Å²) < 4.78 is -0.541. The van der Waals surface area contributed by atoms with Crippen molar-refractivity contribution in [3.63, 3.8) is 0 Å². The molecule has 0 radical (unpaired) electrons. The number of halogens is 2. The van der Waals surface area contributed by atoms with E-state index < -0.39 is 16.1 Å². The first kappa shape index (κ1) is 9.10. The molecule has 0 aliphatic rings. The largest absolute Gasteiger partial charge is 0.481 e. The van der Waals surface area contributed by atoms with Gasteiger partial charge in [0, 0.05) is 0 Å². The Kier molecular flexibility index (Phi) is 4.05. The Bertz CT molecular complexity index is 132. The van der Waals surface area contributed by atoms with Crippen molar-refractivity contribution in [1.29, 1.82) is 0 Å².